The smallest absolute Gasteiger partial charge is 0.125 e. The number of hydrogen-bond acceptors (Lipinski definition) is 3. The molecule has 0 heterocycles. The summed E-state index contributed by atoms with van der Waals surface area (Å²) in [4.78, 5) is 0. The van der Waals surface area contributed by atoms with Crippen LogP contribution in [0.5, 0.6) is 11.5 Å². The van der Waals surface area contributed by atoms with Crippen molar-refractivity contribution in [3.63, 3.8) is 0 Å². The second-order valence-electron chi connectivity index (χ2n) is 4.26. The molecule has 0 aliphatic heterocycles. The molecule has 0 aliphatic carbocycles. The van der Waals surface area contributed by atoms with Gasteiger partial charge in [-0.1, -0.05) is 34.1 Å². The van der Waals surface area contributed by atoms with Gasteiger partial charge in [-0.05, 0) is 31.2 Å². The Bertz CT molecular complexity index is 584. The Morgan fingerprint density at radius 1 is 1.10 bits per heavy atom. The number of benzene rings is 2. The lowest BCUT2D eigenvalue weighted by atomic mass is 10.00. The van der Waals surface area contributed by atoms with Crippen LogP contribution in [0.1, 0.15) is 24.2 Å². The lowest BCUT2D eigenvalue weighted by Gasteiger charge is -2.18. The molecule has 2 aromatic rings. The number of aliphatic hydroxyl groups is 1. The highest BCUT2D eigenvalue weighted by atomic mass is 79.9. The van der Waals surface area contributed by atoms with Crippen LogP contribution in [0.25, 0.3) is 0 Å². The predicted molar refractivity (Wildman–Crippen MR) is 82.4 cm³/mol. The highest BCUT2D eigenvalue weighted by molar-refractivity contribution is 9.10. The molecule has 1 unspecified atom stereocenters. The lowest BCUT2D eigenvalue weighted by molar-refractivity contribution is 0.207. The molecule has 0 saturated carbocycles. The Kier molecular flexibility index (Phi) is 5.04. The van der Waals surface area contributed by atoms with E-state index >= 15 is 0 Å². The molecule has 3 nitrogen and oxygen atoms in total. The average Bonchev–Trinajstić information content (AvgIpc) is 2.47. The normalized spacial score (nSPS) is 12.0. The molecule has 1 atom stereocenters. The molecule has 4 heteroatoms. The molecule has 2 rings (SSSR count). The van der Waals surface area contributed by atoms with Gasteiger partial charge in [0.15, 0.2) is 0 Å². The fourth-order valence-corrected chi connectivity index (χ4v) is 2.46. The van der Waals surface area contributed by atoms with E-state index in [4.69, 9.17) is 9.47 Å². The Balaban J connectivity index is 2.45. The number of aliphatic hydroxyl groups excluding tert-OH is 1. The van der Waals surface area contributed by atoms with Crippen molar-refractivity contribution in [2.45, 2.75) is 13.0 Å². The molecular weight excluding hydrogens is 320 g/mol. The minimum Gasteiger partial charge on any atom is -0.496 e. The van der Waals surface area contributed by atoms with Crippen LogP contribution in [-0.2, 0) is 0 Å². The third-order valence-electron chi connectivity index (χ3n) is 3.00. The van der Waals surface area contributed by atoms with Crippen LogP contribution in [0, 0.1) is 0 Å². The fraction of sp³-hybridized carbons (Fsp3) is 0.250. The Morgan fingerprint density at radius 2 is 1.85 bits per heavy atom. The van der Waals surface area contributed by atoms with Gasteiger partial charge < -0.3 is 14.6 Å². The average molecular weight is 337 g/mol. The van der Waals surface area contributed by atoms with Crippen LogP contribution in [0.3, 0.4) is 0 Å². The molecule has 0 spiro atoms. The maximum atomic E-state index is 10.7. The summed E-state index contributed by atoms with van der Waals surface area (Å²) in [5.74, 6) is 1.33. The van der Waals surface area contributed by atoms with Gasteiger partial charge in [0.1, 0.15) is 17.6 Å². The van der Waals surface area contributed by atoms with Crippen molar-refractivity contribution < 1.29 is 14.6 Å². The molecule has 0 amide bonds. The molecule has 2 aromatic carbocycles. The van der Waals surface area contributed by atoms with E-state index in [0.717, 1.165) is 10.0 Å². The summed E-state index contributed by atoms with van der Waals surface area (Å²) >= 11 is 3.42. The van der Waals surface area contributed by atoms with Crippen molar-refractivity contribution in [2.75, 3.05) is 13.7 Å². The van der Waals surface area contributed by atoms with Crippen LogP contribution in [0.4, 0.5) is 0 Å². The second kappa shape index (κ2) is 6.77. The summed E-state index contributed by atoms with van der Waals surface area (Å²) in [5, 5.41) is 10.7. The molecule has 20 heavy (non-hydrogen) atoms. The summed E-state index contributed by atoms with van der Waals surface area (Å²) in [6, 6.07) is 13.0. The first-order chi connectivity index (χ1) is 9.67. The number of hydrogen-bond donors (Lipinski definition) is 1. The minimum atomic E-state index is -0.801. The Labute approximate surface area is 127 Å². The van der Waals surface area contributed by atoms with Gasteiger partial charge >= 0.3 is 0 Å². The lowest BCUT2D eigenvalue weighted by Crippen LogP contribution is -2.05. The SMILES string of the molecule is CCOc1ccccc1C(O)c1cc(Br)ccc1OC. The van der Waals surface area contributed by atoms with E-state index < -0.39 is 6.10 Å². The first kappa shape index (κ1) is 14.9. The third-order valence-corrected chi connectivity index (χ3v) is 3.49. The van der Waals surface area contributed by atoms with Gasteiger partial charge in [-0.2, -0.15) is 0 Å². The van der Waals surface area contributed by atoms with E-state index in [1.807, 2.05) is 49.4 Å². The molecule has 106 valence electrons. The first-order valence-electron chi connectivity index (χ1n) is 6.40. The topological polar surface area (TPSA) is 38.7 Å². The van der Waals surface area contributed by atoms with Gasteiger partial charge in [-0.3, -0.25) is 0 Å². The summed E-state index contributed by atoms with van der Waals surface area (Å²) in [6.07, 6.45) is -0.801. The first-order valence-corrected chi connectivity index (χ1v) is 7.20. The van der Waals surface area contributed by atoms with Crippen molar-refractivity contribution in [3.8, 4) is 11.5 Å². The number of ether oxygens (including phenoxy) is 2. The molecule has 0 aliphatic rings. The van der Waals surface area contributed by atoms with Gasteiger partial charge in [-0.15, -0.1) is 0 Å². The van der Waals surface area contributed by atoms with Gasteiger partial charge in [0, 0.05) is 15.6 Å². The van der Waals surface area contributed by atoms with Crippen LogP contribution in [0.15, 0.2) is 46.9 Å². The largest absolute Gasteiger partial charge is 0.496 e. The maximum Gasteiger partial charge on any atom is 0.125 e. The maximum absolute atomic E-state index is 10.7. The van der Waals surface area contributed by atoms with E-state index in [-0.39, 0.29) is 0 Å². The van der Waals surface area contributed by atoms with Crippen LogP contribution in [-0.4, -0.2) is 18.8 Å². The zero-order valence-corrected chi connectivity index (χ0v) is 13.1. The van der Waals surface area contributed by atoms with E-state index in [1.165, 1.54) is 0 Å². The highest BCUT2D eigenvalue weighted by Crippen LogP contribution is 2.36. The summed E-state index contributed by atoms with van der Waals surface area (Å²) in [5.41, 5.74) is 1.43. The van der Waals surface area contributed by atoms with Crippen molar-refractivity contribution in [3.05, 3.63) is 58.1 Å². The van der Waals surface area contributed by atoms with E-state index in [1.54, 1.807) is 7.11 Å². The fourth-order valence-electron chi connectivity index (χ4n) is 2.08. The summed E-state index contributed by atoms with van der Waals surface area (Å²) in [7, 11) is 1.59. The van der Waals surface area contributed by atoms with Gasteiger partial charge in [-0.25, -0.2) is 0 Å². The van der Waals surface area contributed by atoms with Crippen LogP contribution < -0.4 is 9.47 Å². The molecular formula is C16H17BrO3. The molecule has 1 N–H and O–H groups in total. The quantitative estimate of drug-likeness (QED) is 0.898. The monoisotopic (exact) mass is 336 g/mol. The van der Waals surface area contributed by atoms with Crippen LogP contribution in [0.2, 0.25) is 0 Å². The molecule has 0 aromatic heterocycles. The summed E-state index contributed by atoms with van der Waals surface area (Å²) < 4.78 is 11.8. The Hall–Kier alpha value is -1.52. The number of methoxy groups -OCH3 is 1. The van der Waals surface area contributed by atoms with Crippen molar-refractivity contribution >= 4 is 15.9 Å². The van der Waals surface area contributed by atoms with Crippen LogP contribution >= 0.6 is 15.9 Å². The van der Waals surface area contributed by atoms with Crippen molar-refractivity contribution in [1.82, 2.24) is 0 Å². The highest BCUT2D eigenvalue weighted by Gasteiger charge is 2.19. The third kappa shape index (κ3) is 3.14. The number of para-hydroxylation sites is 1. The molecule has 0 bridgehead atoms. The van der Waals surface area contributed by atoms with E-state index in [0.29, 0.717) is 23.7 Å². The van der Waals surface area contributed by atoms with Gasteiger partial charge in [0.2, 0.25) is 0 Å². The van der Waals surface area contributed by atoms with E-state index in [2.05, 4.69) is 15.9 Å². The Morgan fingerprint density at radius 3 is 2.55 bits per heavy atom. The van der Waals surface area contributed by atoms with Gasteiger partial charge in [0.05, 0.1) is 13.7 Å². The van der Waals surface area contributed by atoms with Crippen molar-refractivity contribution in [1.29, 1.82) is 0 Å². The van der Waals surface area contributed by atoms with E-state index in [9.17, 15) is 5.11 Å². The second-order valence-corrected chi connectivity index (χ2v) is 5.18. The molecule has 0 fully saturated rings. The van der Waals surface area contributed by atoms with Crippen molar-refractivity contribution in [2.24, 2.45) is 0 Å². The number of halogens is 1. The molecule has 0 radical (unpaired) electrons. The predicted octanol–water partition coefficient (Wildman–Crippen LogP) is 3.94. The summed E-state index contributed by atoms with van der Waals surface area (Å²) in [6.45, 7) is 2.47. The number of rotatable bonds is 5. The standard InChI is InChI=1S/C16H17BrO3/c1-3-20-15-7-5-4-6-12(15)16(18)13-10-11(17)8-9-14(13)19-2/h4-10,16,18H,3H2,1-2H3. The zero-order valence-electron chi connectivity index (χ0n) is 11.5. The minimum absolute atomic E-state index is 0.555. The zero-order chi connectivity index (χ0) is 14.5. The molecule has 0 saturated heterocycles. The van der Waals surface area contributed by atoms with Gasteiger partial charge in [0.25, 0.3) is 0 Å².